The van der Waals surface area contributed by atoms with Crippen LogP contribution in [0.2, 0.25) is 0 Å². The maximum absolute atomic E-state index is 12.5. The summed E-state index contributed by atoms with van der Waals surface area (Å²) in [7, 11) is 0. The number of nitrogens with zero attached hydrogens (tertiary/aromatic N) is 1. The molecule has 4 rings (SSSR count). The number of anilines is 1. The summed E-state index contributed by atoms with van der Waals surface area (Å²) < 4.78 is 0. The van der Waals surface area contributed by atoms with Crippen LogP contribution in [0.3, 0.4) is 0 Å². The summed E-state index contributed by atoms with van der Waals surface area (Å²) in [6.07, 6.45) is 8.82. The van der Waals surface area contributed by atoms with E-state index in [1.165, 1.54) is 34.6 Å². The molecule has 2 aromatic rings. The molecule has 0 fully saturated rings. The van der Waals surface area contributed by atoms with E-state index in [-0.39, 0.29) is 11.9 Å². The second-order valence-corrected chi connectivity index (χ2v) is 8.69. The van der Waals surface area contributed by atoms with E-state index in [1.54, 1.807) is 22.7 Å². The van der Waals surface area contributed by atoms with E-state index in [1.807, 2.05) is 0 Å². The van der Waals surface area contributed by atoms with E-state index >= 15 is 0 Å². The number of aryl methyl sites for hydroxylation is 3. The van der Waals surface area contributed by atoms with Crippen molar-refractivity contribution in [1.82, 2.24) is 4.98 Å². The third kappa shape index (κ3) is 3.20. The normalized spacial score (nSPS) is 20.5. The van der Waals surface area contributed by atoms with E-state index in [9.17, 15) is 4.79 Å². The van der Waals surface area contributed by atoms with Gasteiger partial charge < -0.3 is 5.73 Å². The quantitative estimate of drug-likeness (QED) is 0.817. The molecule has 23 heavy (non-hydrogen) atoms. The summed E-state index contributed by atoms with van der Waals surface area (Å²) in [5.41, 5.74) is 8.51. The number of fused-ring (bicyclic) bond motifs is 2. The standard InChI is InChI=1S/C17H21N3OS2/c18-11-6-7-12-14(9-11)23-17(19-12)20-16(21)15-8-10-4-2-1-3-5-13(10)22-15/h8,11H,1-7,9,18H2,(H,19,20,21)/t11-/m0/s1. The van der Waals surface area contributed by atoms with Crippen LogP contribution in [-0.2, 0) is 25.7 Å². The lowest BCUT2D eigenvalue weighted by Gasteiger charge is -2.15. The lowest BCUT2D eigenvalue weighted by atomic mass is 9.99. The Labute approximate surface area is 144 Å². The van der Waals surface area contributed by atoms with Crippen molar-refractivity contribution in [3.8, 4) is 0 Å². The van der Waals surface area contributed by atoms with Gasteiger partial charge in [0.15, 0.2) is 5.13 Å². The summed E-state index contributed by atoms with van der Waals surface area (Å²) in [6, 6.07) is 2.32. The third-order valence-electron chi connectivity index (χ3n) is 4.67. The molecule has 0 spiro atoms. The van der Waals surface area contributed by atoms with Crippen LogP contribution in [0.5, 0.6) is 0 Å². The van der Waals surface area contributed by atoms with Crippen molar-refractivity contribution in [3.05, 3.63) is 32.0 Å². The Morgan fingerprint density at radius 2 is 2.04 bits per heavy atom. The number of carbonyl (C=O) groups is 1. The number of aromatic nitrogens is 1. The monoisotopic (exact) mass is 347 g/mol. The Balaban J connectivity index is 1.50. The second-order valence-electron chi connectivity index (χ2n) is 6.47. The first kappa shape index (κ1) is 15.3. The molecule has 6 heteroatoms. The molecule has 4 nitrogen and oxygen atoms in total. The molecule has 0 radical (unpaired) electrons. The van der Waals surface area contributed by atoms with Crippen LogP contribution >= 0.6 is 22.7 Å². The fraction of sp³-hybridized carbons (Fsp3) is 0.529. The summed E-state index contributed by atoms with van der Waals surface area (Å²) >= 11 is 3.24. The number of carbonyl (C=O) groups excluding carboxylic acids is 1. The zero-order chi connectivity index (χ0) is 15.8. The fourth-order valence-electron chi connectivity index (χ4n) is 3.39. The van der Waals surface area contributed by atoms with Gasteiger partial charge in [0, 0.05) is 15.8 Å². The molecule has 2 aliphatic carbocycles. The number of hydrogen-bond acceptors (Lipinski definition) is 5. The first-order chi connectivity index (χ1) is 11.2. The summed E-state index contributed by atoms with van der Waals surface area (Å²) in [5, 5.41) is 3.71. The Hall–Kier alpha value is -1.24. The lowest BCUT2D eigenvalue weighted by Crippen LogP contribution is -2.26. The average Bonchev–Trinajstić information content (AvgIpc) is 3.04. The van der Waals surface area contributed by atoms with Gasteiger partial charge in [0.2, 0.25) is 0 Å². The minimum atomic E-state index is -0.0153. The molecular weight excluding hydrogens is 326 g/mol. The van der Waals surface area contributed by atoms with Gasteiger partial charge in [-0.2, -0.15) is 0 Å². The van der Waals surface area contributed by atoms with E-state index in [2.05, 4.69) is 16.4 Å². The van der Waals surface area contributed by atoms with Gasteiger partial charge in [-0.1, -0.05) is 6.42 Å². The van der Waals surface area contributed by atoms with E-state index in [0.29, 0.717) is 0 Å². The van der Waals surface area contributed by atoms with E-state index in [0.717, 1.165) is 47.8 Å². The molecule has 0 unspecified atom stereocenters. The molecule has 0 saturated carbocycles. The Morgan fingerprint density at radius 3 is 2.96 bits per heavy atom. The number of hydrogen-bond donors (Lipinski definition) is 2. The highest BCUT2D eigenvalue weighted by atomic mass is 32.1. The van der Waals surface area contributed by atoms with Gasteiger partial charge in [0.25, 0.3) is 5.91 Å². The SMILES string of the molecule is N[C@H]1CCc2nc(NC(=O)c3cc4c(s3)CCCCC4)sc2C1. The first-order valence-electron chi connectivity index (χ1n) is 8.36. The van der Waals surface area contributed by atoms with E-state index in [4.69, 9.17) is 5.73 Å². The lowest BCUT2D eigenvalue weighted by molar-refractivity contribution is 0.103. The molecule has 1 atom stereocenters. The second kappa shape index (κ2) is 6.34. The van der Waals surface area contributed by atoms with Crippen molar-refractivity contribution < 1.29 is 4.79 Å². The van der Waals surface area contributed by atoms with Crippen LogP contribution in [0.1, 0.15) is 56.4 Å². The zero-order valence-electron chi connectivity index (χ0n) is 13.1. The minimum Gasteiger partial charge on any atom is -0.327 e. The predicted octanol–water partition coefficient (Wildman–Crippen LogP) is 3.54. The Morgan fingerprint density at radius 1 is 1.17 bits per heavy atom. The van der Waals surface area contributed by atoms with Crippen molar-refractivity contribution in [1.29, 1.82) is 0 Å². The highest BCUT2D eigenvalue weighted by Gasteiger charge is 2.22. The molecule has 2 aliphatic rings. The molecule has 2 heterocycles. The smallest absolute Gasteiger partial charge is 0.267 e. The topological polar surface area (TPSA) is 68.0 Å². The van der Waals surface area contributed by atoms with Gasteiger partial charge in [-0.25, -0.2) is 4.98 Å². The van der Waals surface area contributed by atoms with Crippen molar-refractivity contribution in [2.75, 3.05) is 5.32 Å². The van der Waals surface area contributed by atoms with Gasteiger partial charge in [-0.15, -0.1) is 22.7 Å². The maximum atomic E-state index is 12.5. The summed E-state index contributed by atoms with van der Waals surface area (Å²) in [5.74, 6) is -0.0153. The van der Waals surface area contributed by atoms with Crippen molar-refractivity contribution >= 4 is 33.7 Å². The van der Waals surface area contributed by atoms with Gasteiger partial charge >= 0.3 is 0 Å². The highest BCUT2D eigenvalue weighted by Crippen LogP contribution is 2.32. The Kier molecular flexibility index (Phi) is 4.22. The molecule has 1 amide bonds. The maximum Gasteiger partial charge on any atom is 0.267 e. The van der Waals surface area contributed by atoms with Crippen LogP contribution in [0, 0.1) is 0 Å². The highest BCUT2D eigenvalue weighted by molar-refractivity contribution is 7.16. The number of rotatable bonds is 2. The van der Waals surface area contributed by atoms with Gasteiger partial charge in [0.05, 0.1) is 10.6 Å². The molecule has 0 bridgehead atoms. The van der Waals surface area contributed by atoms with Crippen LogP contribution in [0.15, 0.2) is 6.07 Å². The van der Waals surface area contributed by atoms with Crippen LogP contribution in [-0.4, -0.2) is 16.9 Å². The van der Waals surface area contributed by atoms with Gasteiger partial charge in [0.1, 0.15) is 0 Å². The molecule has 3 N–H and O–H groups in total. The number of thiazole rings is 1. The van der Waals surface area contributed by atoms with Crippen molar-refractivity contribution in [2.45, 2.75) is 57.4 Å². The molecular formula is C17H21N3OS2. The van der Waals surface area contributed by atoms with E-state index < -0.39 is 0 Å². The average molecular weight is 348 g/mol. The van der Waals surface area contributed by atoms with Gasteiger partial charge in [-0.05, 0) is 56.6 Å². The fourth-order valence-corrected chi connectivity index (χ4v) is 5.64. The summed E-state index contributed by atoms with van der Waals surface area (Å²) in [4.78, 5) is 20.6. The van der Waals surface area contributed by atoms with Crippen LogP contribution < -0.4 is 11.1 Å². The van der Waals surface area contributed by atoms with Crippen molar-refractivity contribution in [2.24, 2.45) is 5.73 Å². The van der Waals surface area contributed by atoms with Crippen LogP contribution in [0.4, 0.5) is 5.13 Å². The first-order valence-corrected chi connectivity index (χ1v) is 9.99. The number of amides is 1. The molecule has 0 saturated heterocycles. The van der Waals surface area contributed by atoms with Crippen LogP contribution in [0.25, 0.3) is 0 Å². The summed E-state index contributed by atoms with van der Waals surface area (Å²) in [6.45, 7) is 0. The number of nitrogens with one attached hydrogen (secondary N) is 1. The van der Waals surface area contributed by atoms with Crippen molar-refractivity contribution in [3.63, 3.8) is 0 Å². The number of nitrogens with two attached hydrogens (primary N) is 1. The molecule has 0 aliphatic heterocycles. The van der Waals surface area contributed by atoms with Gasteiger partial charge in [-0.3, -0.25) is 10.1 Å². The Bertz CT molecular complexity index is 711. The largest absolute Gasteiger partial charge is 0.327 e. The molecule has 0 aromatic carbocycles. The molecule has 122 valence electrons. The third-order valence-corrected chi connectivity index (χ3v) is 6.94. The number of thiophene rings is 1. The molecule has 2 aromatic heterocycles. The zero-order valence-corrected chi connectivity index (χ0v) is 14.7. The minimum absolute atomic E-state index is 0.0153. The predicted molar refractivity (Wildman–Crippen MR) is 95.6 cm³/mol.